The second kappa shape index (κ2) is 2.72. The van der Waals surface area contributed by atoms with Crippen molar-refractivity contribution < 1.29 is 0 Å². The number of allylic oxidation sites excluding steroid dienone is 2. The predicted molar refractivity (Wildman–Crippen MR) is 40.1 cm³/mol. The Balaban J connectivity index is 2.57. The molecule has 1 heterocycles. The van der Waals surface area contributed by atoms with E-state index in [1.54, 1.807) is 0 Å². The molecule has 1 rings (SSSR count). The van der Waals surface area contributed by atoms with Gasteiger partial charge in [0.2, 0.25) is 0 Å². The first-order chi connectivity index (χ1) is 4.29. The summed E-state index contributed by atoms with van der Waals surface area (Å²) in [4.78, 5) is 0. The van der Waals surface area contributed by atoms with Crippen LogP contribution >= 0.6 is 0 Å². The Kier molecular flexibility index (Phi) is 1.93. The zero-order chi connectivity index (χ0) is 6.69. The first-order valence-electron chi connectivity index (χ1n) is 3.37. The summed E-state index contributed by atoms with van der Waals surface area (Å²) in [6.45, 7) is 4.28. The van der Waals surface area contributed by atoms with Gasteiger partial charge in [0.05, 0.1) is 0 Å². The van der Waals surface area contributed by atoms with Gasteiger partial charge in [0.25, 0.3) is 0 Å². The molecule has 0 radical (unpaired) electrons. The molecule has 50 valence electrons. The Labute approximate surface area is 56.5 Å². The molecule has 1 heteroatoms. The van der Waals surface area contributed by atoms with Gasteiger partial charge in [0.1, 0.15) is 0 Å². The van der Waals surface area contributed by atoms with Crippen molar-refractivity contribution in [2.24, 2.45) is 0 Å². The lowest BCUT2D eigenvalue weighted by atomic mass is 10.2. The third kappa shape index (κ3) is 1.92. The van der Waals surface area contributed by atoms with E-state index in [0.717, 1.165) is 6.42 Å². The molecule has 1 nitrogen and oxygen atoms in total. The van der Waals surface area contributed by atoms with E-state index >= 15 is 0 Å². The van der Waals surface area contributed by atoms with Crippen LogP contribution in [0, 0.1) is 0 Å². The molecule has 0 aromatic rings. The van der Waals surface area contributed by atoms with Gasteiger partial charge in [-0.15, -0.1) is 0 Å². The maximum absolute atomic E-state index is 3.25. The molecule has 9 heavy (non-hydrogen) atoms. The second-order valence-electron chi connectivity index (χ2n) is 2.58. The summed E-state index contributed by atoms with van der Waals surface area (Å²) < 4.78 is 0. The van der Waals surface area contributed by atoms with E-state index in [4.69, 9.17) is 0 Å². The van der Waals surface area contributed by atoms with Crippen molar-refractivity contribution in [1.29, 1.82) is 0 Å². The highest BCUT2D eigenvalue weighted by molar-refractivity contribution is 5.10. The Bertz CT molecular complexity index is 145. The van der Waals surface area contributed by atoms with Crippen molar-refractivity contribution in [2.45, 2.75) is 26.3 Å². The minimum absolute atomic E-state index is 0.502. The van der Waals surface area contributed by atoms with Crippen LogP contribution in [-0.4, -0.2) is 6.04 Å². The number of hydrogen-bond donors (Lipinski definition) is 1. The highest BCUT2D eigenvalue weighted by atomic mass is 14.9. The molecular weight excluding hydrogens is 110 g/mol. The Hall–Kier alpha value is -0.720. The minimum atomic E-state index is 0.502. The molecule has 1 unspecified atom stereocenters. The van der Waals surface area contributed by atoms with E-state index in [-0.39, 0.29) is 0 Å². The fourth-order valence-electron chi connectivity index (χ4n) is 0.846. The van der Waals surface area contributed by atoms with Crippen LogP contribution in [0.4, 0.5) is 0 Å². The van der Waals surface area contributed by atoms with Crippen LogP contribution in [0.3, 0.4) is 0 Å². The van der Waals surface area contributed by atoms with Gasteiger partial charge >= 0.3 is 0 Å². The first kappa shape index (κ1) is 6.40. The van der Waals surface area contributed by atoms with Gasteiger partial charge in [-0.2, -0.15) is 0 Å². The van der Waals surface area contributed by atoms with Gasteiger partial charge in [0.15, 0.2) is 0 Å². The average Bonchev–Trinajstić information content (AvgIpc) is 1.97. The van der Waals surface area contributed by atoms with Crippen molar-refractivity contribution in [3.63, 3.8) is 0 Å². The smallest absolute Gasteiger partial charge is 0.0410 e. The molecule has 0 fully saturated rings. The molecule has 0 saturated carbocycles. The molecule has 1 aliphatic rings. The quantitative estimate of drug-likeness (QED) is 0.484. The van der Waals surface area contributed by atoms with E-state index in [2.05, 4.69) is 37.5 Å². The molecule has 0 bridgehead atoms. The standard InChI is InChI=1S/C8H13N/c1-7-4-3-5-8(2)9-6-7/h3,5-6,8-9H,4H2,1-2H3. The lowest BCUT2D eigenvalue weighted by Gasteiger charge is -2.02. The molecule has 0 aliphatic carbocycles. The largest absolute Gasteiger partial charge is 0.385 e. The van der Waals surface area contributed by atoms with Gasteiger partial charge in [-0.3, -0.25) is 0 Å². The van der Waals surface area contributed by atoms with E-state index in [0.29, 0.717) is 6.04 Å². The Morgan fingerprint density at radius 3 is 3.22 bits per heavy atom. The molecule has 0 aromatic carbocycles. The molecular formula is C8H13N. The third-order valence-corrected chi connectivity index (χ3v) is 1.46. The van der Waals surface area contributed by atoms with E-state index < -0.39 is 0 Å². The lowest BCUT2D eigenvalue weighted by Crippen LogP contribution is -2.16. The van der Waals surface area contributed by atoms with Crippen molar-refractivity contribution in [3.8, 4) is 0 Å². The summed E-state index contributed by atoms with van der Waals surface area (Å²) in [5.74, 6) is 0. The van der Waals surface area contributed by atoms with Crippen molar-refractivity contribution in [2.75, 3.05) is 0 Å². The zero-order valence-corrected chi connectivity index (χ0v) is 6.02. The van der Waals surface area contributed by atoms with Gasteiger partial charge < -0.3 is 5.32 Å². The molecule has 0 spiro atoms. The molecule has 1 N–H and O–H groups in total. The zero-order valence-electron chi connectivity index (χ0n) is 6.02. The maximum Gasteiger partial charge on any atom is 0.0410 e. The minimum Gasteiger partial charge on any atom is -0.385 e. The highest BCUT2D eigenvalue weighted by Gasteiger charge is 1.95. The monoisotopic (exact) mass is 123 g/mol. The lowest BCUT2D eigenvalue weighted by molar-refractivity contribution is 0.770. The third-order valence-electron chi connectivity index (χ3n) is 1.46. The molecule has 0 amide bonds. The first-order valence-corrected chi connectivity index (χ1v) is 3.37. The van der Waals surface area contributed by atoms with Crippen molar-refractivity contribution in [3.05, 3.63) is 23.9 Å². The van der Waals surface area contributed by atoms with Crippen LogP contribution in [0.25, 0.3) is 0 Å². The summed E-state index contributed by atoms with van der Waals surface area (Å²) in [7, 11) is 0. The highest BCUT2D eigenvalue weighted by Crippen LogP contribution is 2.03. The fraction of sp³-hybridized carbons (Fsp3) is 0.500. The fourth-order valence-corrected chi connectivity index (χ4v) is 0.846. The molecule has 1 atom stereocenters. The predicted octanol–water partition coefficient (Wildman–Crippen LogP) is 1.83. The maximum atomic E-state index is 3.25. The Morgan fingerprint density at radius 1 is 1.67 bits per heavy atom. The number of rotatable bonds is 0. The molecule has 0 aromatic heterocycles. The van der Waals surface area contributed by atoms with E-state index in [1.165, 1.54) is 5.57 Å². The van der Waals surface area contributed by atoms with E-state index in [9.17, 15) is 0 Å². The van der Waals surface area contributed by atoms with Crippen LogP contribution in [0.1, 0.15) is 20.3 Å². The van der Waals surface area contributed by atoms with Gasteiger partial charge in [-0.05, 0) is 26.5 Å². The second-order valence-corrected chi connectivity index (χ2v) is 2.58. The van der Waals surface area contributed by atoms with Crippen LogP contribution in [0.15, 0.2) is 23.9 Å². The van der Waals surface area contributed by atoms with Gasteiger partial charge in [0, 0.05) is 6.04 Å². The summed E-state index contributed by atoms with van der Waals surface area (Å²) in [6, 6.07) is 0.502. The molecule has 0 saturated heterocycles. The summed E-state index contributed by atoms with van der Waals surface area (Å²) in [6.07, 6.45) is 7.57. The normalized spacial score (nSPS) is 26.4. The SMILES string of the molecule is CC1=CNC(C)C=CC1. The van der Waals surface area contributed by atoms with E-state index in [1.807, 2.05) is 0 Å². The van der Waals surface area contributed by atoms with Crippen LogP contribution < -0.4 is 5.32 Å². The van der Waals surface area contributed by atoms with Crippen molar-refractivity contribution in [1.82, 2.24) is 5.32 Å². The van der Waals surface area contributed by atoms with Crippen molar-refractivity contribution >= 4 is 0 Å². The summed E-state index contributed by atoms with van der Waals surface area (Å²) in [5.41, 5.74) is 1.40. The van der Waals surface area contributed by atoms with Crippen LogP contribution in [0.2, 0.25) is 0 Å². The summed E-state index contributed by atoms with van der Waals surface area (Å²) >= 11 is 0. The topological polar surface area (TPSA) is 12.0 Å². The van der Waals surface area contributed by atoms with Crippen LogP contribution in [0.5, 0.6) is 0 Å². The van der Waals surface area contributed by atoms with Gasteiger partial charge in [-0.25, -0.2) is 0 Å². The van der Waals surface area contributed by atoms with Gasteiger partial charge in [-0.1, -0.05) is 17.7 Å². The summed E-state index contributed by atoms with van der Waals surface area (Å²) in [5, 5.41) is 3.25. The number of nitrogens with one attached hydrogen (secondary N) is 1. The molecule has 1 aliphatic heterocycles. The van der Waals surface area contributed by atoms with Crippen LogP contribution in [-0.2, 0) is 0 Å². The number of hydrogen-bond acceptors (Lipinski definition) is 1. The Morgan fingerprint density at radius 2 is 2.44 bits per heavy atom. The average molecular weight is 123 g/mol.